The summed E-state index contributed by atoms with van der Waals surface area (Å²) in [7, 11) is 2.17. The first kappa shape index (κ1) is 30.2. The van der Waals surface area contributed by atoms with E-state index in [0.717, 1.165) is 48.5 Å². The smallest absolute Gasteiger partial charge is 0.216 e. The second-order valence-electron chi connectivity index (χ2n) is 11.4. The van der Waals surface area contributed by atoms with E-state index in [1.807, 2.05) is 36.4 Å². The van der Waals surface area contributed by atoms with Gasteiger partial charge in [0.1, 0.15) is 0 Å². The van der Waals surface area contributed by atoms with Crippen molar-refractivity contribution in [1.29, 1.82) is 0 Å². The van der Waals surface area contributed by atoms with Gasteiger partial charge in [0.05, 0.1) is 5.69 Å². The van der Waals surface area contributed by atoms with E-state index in [4.69, 9.17) is 5.84 Å². The van der Waals surface area contributed by atoms with Crippen LogP contribution in [0.3, 0.4) is 0 Å². The van der Waals surface area contributed by atoms with Crippen molar-refractivity contribution in [2.24, 2.45) is 5.84 Å². The maximum Gasteiger partial charge on any atom is 0.216 e. The summed E-state index contributed by atoms with van der Waals surface area (Å²) >= 11 is 0. The standard InChI is InChI=1S/C14H20N2.C12H14N2.C9H10FN/c1-12(14-9-6-10-16(14)2)15-11-13-7-4-3-5-8-13;1-3-6-10-9(2)14(13)12-8-5-4-7-11(10)12;1-9(4-5-9)7-3-2-6-11-8(7)10/h3-5,7-8,14-15H,1,6,9-11H2,2H3;3-5,7-8,10H,1-2,6,13H2;2-3,6H,4-5H2,1H3. The van der Waals surface area contributed by atoms with E-state index in [0.29, 0.717) is 12.0 Å². The Hall–Kier alpha value is -3.74. The Bertz CT molecular complexity index is 1330. The number of halogens is 1. The molecule has 1 saturated heterocycles. The van der Waals surface area contributed by atoms with Gasteiger partial charge in [-0.1, -0.05) is 80.8 Å². The summed E-state index contributed by atoms with van der Waals surface area (Å²) in [4.78, 5) is 5.99. The minimum absolute atomic E-state index is 0.0956. The van der Waals surface area contributed by atoms with Gasteiger partial charge in [-0.05, 0) is 74.4 Å². The van der Waals surface area contributed by atoms with Gasteiger partial charge in [-0.25, -0.2) is 10.8 Å². The summed E-state index contributed by atoms with van der Waals surface area (Å²) in [6, 6.07) is 22.7. The molecule has 2 aromatic carbocycles. The Morgan fingerprint density at radius 2 is 1.83 bits per heavy atom. The number of fused-ring (bicyclic) bond motifs is 1. The molecular formula is C35H44FN5. The molecular weight excluding hydrogens is 509 g/mol. The molecule has 6 heteroatoms. The largest absolute Gasteiger partial charge is 0.383 e. The lowest BCUT2D eigenvalue weighted by atomic mass is 9.96. The number of hydrogen-bond donors (Lipinski definition) is 2. The molecule has 3 aromatic rings. The van der Waals surface area contributed by atoms with Gasteiger partial charge >= 0.3 is 0 Å². The summed E-state index contributed by atoms with van der Waals surface area (Å²) in [5.41, 5.74) is 6.60. The third-order valence-corrected chi connectivity index (χ3v) is 8.38. The number of rotatable bonds is 7. The first-order valence-corrected chi connectivity index (χ1v) is 14.5. The Morgan fingerprint density at radius 1 is 1.12 bits per heavy atom. The number of nitrogens with one attached hydrogen (secondary N) is 1. The fraction of sp³-hybridized carbons (Fsp3) is 0.343. The second-order valence-corrected chi connectivity index (χ2v) is 11.4. The summed E-state index contributed by atoms with van der Waals surface area (Å²) in [6.07, 6.45) is 9.00. The SMILES string of the molecule is C=C(NCc1ccccc1)C1CCCN1C.C=CCC1C(=C)N(N)c2ccccc21.CC1(c2cccnc2F)CC1. The number of benzene rings is 2. The van der Waals surface area contributed by atoms with Crippen LogP contribution in [0.2, 0.25) is 0 Å². The van der Waals surface area contributed by atoms with Crippen LogP contribution in [0.4, 0.5) is 10.1 Å². The molecule has 41 heavy (non-hydrogen) atoms. The zero-order valence-corrected chi connectivity index (χ0v) is 24.5. The molecule has 2 unspecified atom stereocenters. The van der Waals surface area contributed by atoms with E-state index in [1.54, 1.807) is 11.1 Å². The van der Waals surface area contributed by atoms with Crippen molar-refractivity contribution in [3.63, 3.8) is 0 Å². The van der Waals surface area contributed by atoms with Crippen LogP contribution < -0.4 is 16.2 Å². The molecule has 2 fully saturated rings. The van der Waals surface area contributed by atoms with Crippen LogP contribution in [0.15, 0.2) is 110 Å². The highest BCUT2D eigenvalue weighted by molar-refractivity contribution is 5.66. The average Bonchev–Trinajstić information content (AvgIpc) is 3.51. The van der Waals surface area contributed by atoms with Gasteiger partial charge in [-0.2, -0.15) is 4.39 Å². The van der Waals surface area contributed by atoms with E-state index in [1.165, 1.54) is 36.7 Å². The van der Waals surface area contributed by atoms with Gasteiger partial charge < -0.3 is 5.32 Å². The van der Waals surface area contributed by atoms with Crippen LogP contribution in [0.5, 0.6) is 0 Å². The molecule has 5 nitrogen and oxygen atoms in total. The normalized spacial score (nSPS) is 20.2. The zero-order chi connectivity index (χ0) is 29.4. The van der Waals surface area contributed by atoms with Gasteiger partial charge in [-0.15, -0.1) is 6.58 Å². The van der Waals surface area contributed by atoms with E-state index < -0.39 is 0 Å². The van der Waals surface area contributed by atoms with E-state index in [-0.39, 0.29) is 11.4 Å². The Balaban J connectivity index is 0.000000144. The van der Waals surface area contributed by atoms with Crippen molar-refractivity contribution >= 4 is 5.69 Å². The molecule has 6 rings (SSSR count). The minimum atomic E-state index is -0.299. The van der Waals surface area contributed by atoms with E-state index in [9.17, 15) is 4.39 Å². The summed E-state index contributed by atoms with van der Waals surface area (Å²) in [5, 5.41) is 5.11. The quantitative estimate of drug-likeness (QED) is 0.184. The van der Waals surface area contributed by atoms with Gasteiger partial charge in [-0.3, -0.25) is 9.91 Å². The highest BCUT2D eigenvalue weighted by atomic mass is 19.1. The predicted octanol–water partition coefficient (Wildman–Crippen LogP) is 7.21. The molecule has 0 radical (unpaired) electrons. The lowest BCUT2D eigenvalue weighted by molar-refractivity contribution is 0.334. The number of aromatic nitrogens is 1. The lowest BCUT2D eigenvalue weighted by Crippen LogP contribution is -2.32. The zero-order valence-electron chi connectivity index (χ0n) is 24.5. The van der Waals surface area contributed by atoms with E-state index in [2.05, 4.69) is 79.2 Å². The van der Waals surface area contributed by atoms with Crippen LogP contribution in [0.25, 0.3) is 0 Å². The first-order chi connectivity index (χ1) is 19.7. The molecule has 2 aliphatic heterocycles. The molecule has 1 aromatic heterocycles. The predicted molar refractivity (Wildman–Crippen MR) is 169 cm³/mol. The highest BCUT2D eigenvalue weighted by Gasteiger charge is 2.41. The molecule has 1 aliphatic carbocycles. The third kappa shape index (κ3) is 7.51. The Kier molecular flexibility index (Phi) is 10.1. The van der Waals surface area contributed by atoms with Crippen molar-refractivity contribution in [1.82, 2.24) is 15.2 Å². The molecule has 1 saturated carbocycles. The minimum Gasteiger partial charge on any atom is -0.383 e. The molecule has 3 heterocycles. The highest BCUT2D eigenvalue weighted by Crippen LogP contribution is 2.48. The van der Waals surface area contributed by atoms with Crippen molar-refractivity contribution in [3.05, 3.63) is 133 Å². The van der Waals surface area contributed by atoms with Crippen LogP contribution in [0, 0.1) is 5.95 Å². The van der Waals surface area contributed by atoms with Gasteiger partial charge in [0, 0.05) is 41.7 Å². The third-order valence-electron chi connectivity index (χ3n) is 8.38. The maximum atomic E-state index is 13.0. The molecule has 0 amide bonds. The van der Waals surface area contributed by atoms with Crippen molar-refractivity contribution in [2.75, 3.05) is 18.6 Å². The monoisotopic (exact) mass is 553 g/mol. The van der Waals surface area contributed by atoms with Crippen LogP contribution in [-0.2, 0) is 12.0 Å². The number of hydrogen-bond acceptors (Lipinski definition) is 5. The second kappa shape index (κ2) is 13.7. The van der Waals surface area contributed by atoms with Crippen molar-refractivity contribution < 1.29 is 4.39 Å². The summed E-state index contributed by atoms with van der Waals surface area (Å²) < 4.78 is 13.0. The fourth-order valence-corrected chi connectivity index (χ4v) is 5.51. The lowest BCUT2D eigenvalue weighted by Gasteiger charge is -2.22. The number of nitrogens with zero attached hydrogens (tertiary/aromatic N) is 3. The number of allylic oxidation sites excluding steroid dienone is 2. The Labute approximate surface area is 245 Å². The van der Waals surface area contributed by atoms with Gasteiger partial charge in [0.25, 0.3) is 0 Å². The topological polar surface area (TPSA) is 57.4 Å². The number of nitrogens with two attached hydrogens (primary N) is 1. The molecule has 3 aliphatic rings. The van der Waals surface area contributed by atoms with E-state index >= 15 is 0 Å². The fourth-order valence-electron chi connectivity index (χ4n) is 5.51. The number of hydrazine groups is 1. The van der Waals surface area contributed by atoms with Gasteiger partial charge in [0.15, 0.2) is 0 Å². The number of para-hydroxylation sites is 1. The van der Waals surface area contributed by atoms with Crippen LogP contribution >= 0.6 is 0 Å². The molecule has 3 N–H and O–H groups in total. The number of anilines is 1. The molecule has 0 spiro atoms. The molecule has 216 valence electrons. The van der Waals surface area contributed by atoms with Gasteiger partial charge in [0.2, 0.25) is 5.95 Å². The Morgan fingerprint density at radius 3 is 2.46 bits per heavy atom. The number of likely N-dealkylation sites (N-methyl/N-ethyl adjacent to an activating group) is 1. The number of pyridine rings is 1. The van der Waals surface area contributed by atoms with Crippen molar-refractivity contribution in [3.8, 4) is 0 Å². The molecule has 2 atom stereocenters. The summed E-state index contributed by atoms with van der Waals surface area (Å²) in [6.45, 7) is 16.1. The maximum absolute atomic E-state index is 13.0. The summed E-state index contributed by atoms with van der Waals surface area (Å²) in [5.74, 6) is 5.91. The number of likely N-dealkylation sites (tertiary alicyclic amines) is 1. The van der Waals surface area contributed by atoms with Crippen LogP contribution in [-0.4, -0.2) is 29.5 Å². The van der Waals surface area contributed by atoms with Crippen molar-refractivity contribution in [2.45, 2.75) is 62.9 Å². The molecule has 0 bridgehead atoms. The average molecular weight is 554 g/mol. The van der Waals surface area contributed by atoms with Crippen LogP contribution in [0.1, 0.15) is 61.6 Å². The first-order valence-electron chi connectivity index (χ1n) is 14.5.